The first kappa shape index (κ1) is 20.1. The highest BCUT2D eigenvalue weighted by molar-refractivity contribution is 5.75. The minimum Gasteiger partial charge on any atom is -0.354 e. The number of aromatic nitrogens is 6. The van der Waals surface area contributed by atoms with E-state index in [0.717, 1.165) is 41.8 Å². The zero-order chi connectivity index (χ0) is 21.3. The molecule has 0 fully saturated rings. The minimum atomic E-state index is 0.107. The van der Waals surface area contributed by atoms with Crippen LogP contribution in [0.5, 0.6) is 0 Å². The molecule has 4 rings (SSSR count). The smallest absolute Gasteiger partial charge is 0.225 e. The number of hydrogen-bond acceptors (Lipinski definition) is 5. The number of benzene rings is 1. The summed E-state index contributed by atoms with van der Waals surface area (Å²) in [5, 5.41) is 10.2. The lowest BCUT2D eigenvalue weighted by Crippen LogP contribution is -2.13. The largest absolute Gasteiger partial charge is 0.354 e. The van der Waals surface area contributed by atoms with Crippen LogP contribution in [-0.2, 0) is 25.3 Å². The summed E-state index contributed by atoms with van der Waals surface area (Å²) in [7, 11) is 1.99. The van der Waals surface area contributed by atoms with Crippen molar-refractivity contribution in [3.63, 3.8) is 0 Å². The second-order valence-corrected chi connectivity index (χ2v) is 8.87. The van der Waals surface area contributed by atoms with Crippen LogP contribution in [0, 0.1) is 6.92 Å². The van der Waals surface area contributed by atoms with E-state index in [1.807, 2.05) is 24.0 Å². The Kier molecular flexibility index (Phi) is 5.28. The second kappa shape index (κ2) is 7.89. The van der Waals surface area contributed by atoms with Gasteiger partial charge in [-0.15, -0.1) is 0 Å². The number of imidazole rings is 1. The van der Waals surface area contributed by atoms with Gasteiger partial charge in [-0.05, 0) is 41.0 Å². The van der Waals surface area contributed by atoms with Crippen molar-refractivity contribution in [2.24, 2.45) is 7.05 Å². The van der Waals surface area contributed by atoms with Gasteiger partial charge >= 0.3 is 0 Å². The number of aromatic amines is 1. The molecule has 4 aromatic rings. The van der Waals surface area contributed by atoms with E-state index in [2.05, 4.69) is 71.4 Å². The van der Waals surface area contributed by atoms with Gasteiger partial charge in [-0.2, -0.15) is 10.1 Å². The third-order valence-electron chi connectivity index (χ3n) is 5.47. The molecular formula is C23H29N7. The van der Waals surface area contributed by atoms with E-state index in [1.165, 1.54) is 16.7 Å². The lowest BCUT2D eigenvalue weighted by molar-refractivity contribution is 0.589. The highest BCUT2D eigenvalue weighted by atomic mass is 15.2. The predicted octanol–water partition coefficient (Wildman–Crippen LogP) is 3.94. The Labute approximate surface area is 177 Å². The summed E-state index contributed by atoms with van der Waals surface area (Å²) < 4.78 is 2.00. The number of rotatable bonds is 6. The number of fused-ring (bicyclic) bond motifs is 1. The van der Waals surface area contributed by atoms with Crippen molar-refractivity contribution in [2.75, 3.05) is 11.9 Å². The molecule has 156 valence electrons. The van der Waals surface area contributed by atoms with Gasteiger partial charge in [0.25, 0.3) is 0 Å². The molecular weight excluding hydrogens is 374 g/mol. The Morgan fingerprint density at radius 3 is 2.73 bits per heavy atom. The summed E-state index contributed by atoms with van der Waals surface area (Å²) in [6, 6.07) is 6.74. The molecule has 3 heterocycles. The Hall–Kier alpha value is -3.22. The van der Waals surface area contributed by atoms with Crippen molar-refractivity contribution in [2.45, 2.75) is 46.0 Å². The number of aryl methyl sites for hydroxylation is 2. The molecule has 2 N–H and O–H groups in total. The molecule has 0 aliphatic heterocycles. The summed E-state index contributed by atoms with van der Waals surface area (Å²) in [6.07, 6.45) is 7.13. The van der Waals surface area contributed by atoms with Crippen LogP contribution in [0.2, 0.25) is 0 Å². The minimum absolute atomic E-state index is 0.107. The Morgan fingerprint density at radius 2 is 2.00 bits per heavy atom. The zero-order valence-corrected chi connectivity index (χ0v) is 18.3. The van der Waals surface area contributed by atoms with Crippen molar-refractivity contribution in [1.82, 2.24) is 29.7 Å². The number of nitrogens with zero attached hydrogens (tertiary/aromatic N) is 5. The molecule has 0 unspecified atom stereocenters. The molecule has 0 saturated heterocycles. The maximum atomic E-state index is 4.87. The first-order chi connectivity index (χ1) is 14.3. The number of anilines is 1. The number of hydrogen-bond donors (Lipinski definition) is 2. The van der Waals surface area contributed by atoms with Crippen molar-refractivity contribution in [3.8, 4) is 0 Å². The lowest BCUT2D eigenvalue weighted by Gasteiger charge is -2.21. The first-order valence-corrected chi connectivity index (χ1v) is 10.3. The summed E-state index contributed by atoms with van der Waals surface area (Å²) in [5.41, 5.74) is 7.83. The quantitative estimate of drug-likeness (QED) is 0.509. The highest BCUT2D eigenvalue weighted by Crippen LogP contribution is 2.27. The third-order valence-corrected chi connectivity index (χ3v) is 5.47. The van der Waals surface area contributed by atoms with Crippen molar-refractivity contribution < 1.29 is 0 Å². The van der Waals surface area contributed by atoms with Crippen LogP contribution in [-0.4, -0.2) is 36.3 Å². The van der Waals surface area contributed by atoms with Crippen LogP contribution in [0.1, 0.15) is 48.7 Å². The van der Waals surface area contributed by atoms with Crippen molar-refractivity contribution in [1.29, 1.82) is 0 Å². The molecule has 1 aromatic carbocycles. The van der Waals surface area contributed by atoms with E-state index in [4.69, 9.17) is 4.98 Å². The average molecular weight is 404 g/mol. The summed E-state index contributed by atoms with van der Waals surface area (Å²) >= 11 is 0. The summed E-state index contributed by atoms with van der Waals surface area (Å²) in [4.78, 5) is 14.0. The van der Waals surface area contributed by atoms with E-state index in [0.29, 0.717) is 5.95 Å². The van der Waals surface area contributed by atoms with Crippen molar-refractivity contribution >= 4 is 17.1 Å². The summed E-state index contributed by atoms with van der Waals surface area (Å²) in [5.74, 6) is 0.615. The fourth-order valence-corrected chi connectivity index (χ4v) is 3.58. The van der Waals surface area contributed by atoms with E-state index < -0.39 is 0 Å². The highest BCUT2D eigenvalue weighted by Gasteiger charge is 2.17. The van der Waals surface area contributed by atoms with Crippen LogP contribution >= 0.6 is 0 Å². The van der Waals surface area contributed by atoms with Gasteiger partial charge < -0.3 is 9.88 Å². The molecule has 0 saturated carbocycles. The maximum Gasteiger partial charge on any atom is 0.225 e. The Balaban J connectivity index is 1.65. The Morgan fingerprint density at radius 1 is 1.17 bits per heavy atom. The van der Waals surface area contributed by atoms with Crippen LogP contribution in [0.3, 0.4) is 0 Å². The van der Waals surface area contributed by atoms with E-state index in [-0.39, 0.29) is 5.41 Å². The fourth-order valence-electron chi connectivity index (χ4n) is 3.58. The Bertz CT molecular complexity index is 1150. The van der Waals surface area contributed by atoms with Gasteiger partial charge in [-0.25, -0.2) is 9.97 Å². The number of nitrogens with one attached hydrogen (secondary N) is 2. The molecule has 0 radical (unpaired) electrons. The maximum absolute atomic E-state index is 4.87. The second-order valence-electron chi connectivity index (χ2n) is 8.87. The van der Waals surface area contributed by atoms with Gasteiger partial charge in [-0.3, -0.25) is 5.10 Å². The SMILES string of the molecule is Cc1ccc(C(C)(C)C)cc1Cc1nc(NCCc2cn[nH]c2)nc2ncn(C)c12. The van der Waals surface area contributed by atoms with E-state index >= 15 is 0 Å². The van der Waals surface area contributed by atoms with Crippen LogP contribution in [0.25, 0.3) is 11.2 Å². The fraction of sp³-hybridized carbons (Fsp3) is 0.391. The topological polar surface area (TPSA) is 84.3 Å². The van der Waals surface area contributed by atoms with Gasteiger partial charge in [0.2, 0.25) is 5.95 Å². The zero-order valence-electron chi connectivity index (χ0n) is 18.3. The van der Waals surface area contributed by atoms with Gasteiger partial charge in [0.15, 0.2) is 5.65 Å². The molecule has 0 aliphatic rings. The lowest BCUT2D eigenvalue weighted by atomic mass is 9.84. The number of H-pyrrole nitrogens is 1. The van der Waals surface area contributed by atoms with Crippen molar-refractivity contribution in [3.05, 3.63) is 64.9 Å². The standard InChI is InChI=1S/C23H29N7/c1-15-6-7-18(23(2,3)4)10-17(15)11-19-20-21(25-14-30(20)5)29-22(28-19)24-9-8-16-12-26-27-13-16/h6-7,10,12-14H,8-9,11H2,1-5H3,(H,26,27)(H,24,28,29). The third kappa shape index (κ3) is 4.20. The van der Waals surface area contributed by atoms with Gasteiger partial charge in [0.05, 0.1) is 18.2 Å². The predicted molar refractivity (Wildman–Crippen MR) is 120 cm³/mol. The monoisotopic (exact) mass is 403 g/mol. The first-order valence-electron chi connectivity index (χ1n) is 10.3. The molecule has 0 bridgehead atoms. The van der Waals surface area contributed by atoms with Crippen LogP contribution in [0.4, 0.5) is 5.95 Å². The van der Waals surface area contributed by atoms with E-state index in [1.54, 1.807) is 6.33 Å². The summed E-state index contributed by atoms with van der Waals surface area (Å²) in [6.45, 7) is 9.62. The van der Waals surface area contributed by atoms with Gasteiger partial charge in [0, 0.05) is 26.2 Å². The molecule has 30 heavy (non-hydrogen) atoms. The molecule has 0 amide bonds. The van der Waals surface area contributed by atoms with Gasteiger partial charge in [0.1, 0.15) is 5.52 Å². The molecule has 0 aliphatic carbocycles. The van der Waals surface area contributed by atoms with E-state index in [9.17, 15) is 0 Å². The molecule has 0 atom stereocenters. The molecule has 7 heteroatoms. The molecule has 7 nitrogen and oxygen atoms in total. The normalized spacial score (nSPS) is 11.9. The van der Waals surface area contributed by atoms with Crippen LogP contribution in [0.15, 0.2) is 36.9 Å². The van der Waals surface area contributed by atoms with Crippen LogP contribution < -0.4 is 5.32 Å². The molecule has 3 aromatic heterocycles. The average Bonchev–Trinajstić information content (AvgIpc) is 3.33. The molecule has 0 spiro atoms. The van der Waals surface area contributed by atoms with Gasteiger partial charge in [-0.1, -0.05) is 39.0 Å².